The Bertz CT molecular complexity index is 566. The molecule has 0 saturated carbocycles. The molecule has 0 aliphatic carbocycles. The van der Waals surface area contributed by atoms with E-state index in [2.05, 4.69) is 24.3 Å². The molecular weight excluding hydrogens is 282 g/mol. The Hall–Kier alpha value is -1.85. The molecule has 1 heterocycles. The minimum Gasteiger partial charge on any atom is -0.467 e. The van der Waals surface area contributed by atoms with Gasteiger partial charge in [0.1, 0.15) is 5.54 Å². The average molecular weight is 309 g/mol. The molecule has 0 aliphatic heterocycles. The molecule has 1 N–H and O–H groups in total. The monoisotopic (exact) mass is 309 g/mol. The first-order valence-electron chi connectivity index (χ1n) is 7.41. The number of hydrogen-bond donors (Lipinski definition) is 1. The van der Waals surface area contributed by atoms with Crippen LogP contribution in [0, 0.1) is 0 Å². The Balaban J connectivity index is 3.13. The Morgan fingerprint density at radius 1 is 1.23 bits per heavy atom. The van der Waals surface area contributed by atoms with E-state index in [9.17, 15) is 9.59 Å². The topological polar surface area (TPSA) is 73.2 Å². The van der Waals surface area contributed by atoms with Crippen molar-refractivity contribution in [3.8, 4) is 0 Å². The number of ether oxygens (including phenoxy) is 1. The fourth-order valence-electron chi connectivity index (χ4n) is 2.11. The molecule has 1 aromatic heterocycles. The minimum absolute atomic E-state index is 0.226. The van der Waals surface area contributed by atoms with Crippen LogP contribution in [0.2, 0.25) is 0 Å². The van der Waals surface area contributed by atoms with Gasteiger partial charge in [0.15, 0.2) is 5.69 Å². The maximum Gasteiger partial charge on any atom is 0.330 e. The number of rotatable bonds is 4. The molecule has 6 heteroatoms. The predicted octanol–water partition coefficient (Wildman–Crippen LogP) is 2.44. The number of carbonyl (C=O) groups excluding carboxylic acids is 2. The van der Waals surface area contributed by atoms with Crippen molar-refractivity contribution in [1.82, 2.24) is 15.1 Å². The highest BCUT2D eigenvalue weighted by atomic mass is 16.5. The van der Waals surface area contributed by atoms with Gasteiger partial charge in [0.2, 0.25) is 0 Å². The minimum atomic E-state index is -1.10. The molecule has 0 radical (unpaired) electrons. The van der Waals surface area contributed by atoms with E-state index >= 15 is 0 Å². The molecule has 124 valence electrons. The van der Waals surface area contributed by atoms with Crippen molar-refractivity contribution < 1.29 is 14.3 Å². The summed E-state index contributed by atoms with van der Waals surface area (Å²) in [6.07, 6.45) is 0. The van der Waals surface area contributed by atoms with E-state index in [0.717, 1.165) is 5.69 Å². The van der Waals surface area contributed by atoms with Gasteiger partial charge in [-0.05, 0) is 46.6 Å². The molecule has 1 rings (SSSR count). The van der Waals surface area contributed by atoms with Gasteiger partial charge >= 0.3 is 5.97 Å². The van der Waals surface area contributed by atoms with Crippen LogP contribution in [0.4, 0.5) is 0 Å². The lowest BCUT2D eigenvalue weighted by Gasteiger charge is -2.24. The van der Waals surface area contributed by atoms with Crippen LogP contribution in [0.15, 0.2) is 6.07 Å². The number of carbonyl (C=O) groups is 2. The molecule has 1 amide bonds. The number of esters is 1. The lowest BCUT2D eigenvalue weighted by molar-refractivity contribution is -0.146. The summed E-state index contributed by atoms with van der Waals surface area (Å²) < 4.78 is 6.55. The molecule has 0 saturated heterocycles. The third-order valence-corrected chi connectivity index (χ3v) is 3.32. The van der Waals surface area contributed by atoms with Gasteiger partial charge in [-0.1, -0.05) is 13.8 Å². The highest BCUT2D eigenvalue weighted by Crippen LogP contribution is 2.23. The number of amides is 1. The number of nitrogens with zero attached hydrogens (tertiary/aromatic N) is 2. The molecule has 0 aliphatic rings. The first kappa shape index (κ1) is 18.2. The molecule has 0 bridgehead atoms. The van der Waals surface area contributed by atoms with E-state index in [1.54, 1.807) is 19.9 Å². The van der Waals surface area contributed by atoms with Crippen molar-refractivity contribution in [3.05, 3.63) is 17.5 Å². The molecule has 22 heavy (non-hydrogen) atoms. The van der Waals surface area contributed by atoms with E-state index in [1.165, 1.54) is 7.11 Å². The Morgan fingerprint density at radius 3 is 2.14 bits per heavy atom. The summed E-state index contributed by atoms with van der Waals surface area (Å²) in [4.78, 5) is 24.1. The quantitative estimate of drug-likeness (QED) is 0.867. The highest BCUT2D eigenvalue weighted by Gasteiger charge is 2.32. The zero-order valence-electron chi connectivity index (χ0n) is 14.8. The normalized spacial score (nSPS) is 12.4. The number of nitrogens with one attached hydrogen (secondary N) is 1. The third kappa shape index (κ3) is 3.87. The van der Waals surface area contributed by atoms with Gasteiger partial charge < -0.3 is 10.1 Å². The van der Waals surface area contributed by atoms with Crippen LogP contribution < -0.4 is 5.32 Å². The van der Waals surface area contributed by atoms with Gasteiger partial charge in [0.05, 0.1) is 12.6 Å². The fourth-order valence-corrected chi connectivity index (χ4v) is 2.11. The van der Waals surface area contributed by atoms with Crippen molar-refractivity contribution in [2.75, 3.05) is 7.11 Å². The van der Waals surface area contributed by atoms with Gasteiger partial charge in [0, 0.05) is 5.69 Å². The van der Waals surface area contributed by atoms with Crippen molar-refractivity contribution in [3.63, 3.8) is 0 Å². The Morgan fingerprint density at radius 2 is 1.77 bits per heavy atom. The first-order chi connectivity index (χ1) is 9.90. The summed E-state index contributed by atoms with van der Waals surface area (Å²) in [7, 11) is 1.29. The Kier molecular flexibility index (Phi) is 5.05. The van der Waals surface area contributed by atoms with Crippen LogP contribution in [0.5, 0.6) is 0 Å². The second-order valence-corrected chi connectivity index (χ2v) is 7.26. The summed E-state index contributed by atoms with van der Waals surface area (Å²) in [6, 6.07) is 1.78. The fraction of sp³-hybridized carbons (Fsp3) is 0.688. The number of methoxy groups -OCH3 is 1. The van der Waals surface area contributed by atoms with Crippen molar-refractivity contribution >= 4 is 11.9 Å². The first-order valence-corrected chi connectivity index (χ1v) is 7.41. The van der Waals surface area contributed by atoms with Gasteiger partial charge in [-0.3, -0.25) is 9.48 Å². The zero-order valence-corrected chi connectivity index (χ0v) is 14.8. The van der Waals surface area contributed by atoms with E-state index in [4.69, 9.17) is 4.74 Å². The Labute approximate surface area is 132 Å². The molecule has 0 aromatic carbocycles. The van der Waals surface area contributed by atoms with E-state index in [-0.39, 0.29) is 17.4 Å². The van der Waals surface area contributed by atoms with Gasteiger partial charge in [-0.15, -0.1) is 0 Å². The largest absolute Gasteiger partial charge is 0.467 e. The smallest absolute Gasteiger partial charge is 0.330 e. The predicted molar refractivity (Wildman–Crippen MR) is 84.9 cm³/mol. The summed E-state index contributed by atoms with van der Waals surface area (Å²) in [5.41, 5.74) is -0.0464. The molecule has 0 unspecified atom stereocenters. The number of aromatic nitrogens is 2. The van der Waals surface area contributed by atoms with Crippen LogP contribution >= 0.6 is 0 Å². The maximum absolute atomic E-state index is 12.4. The second kappa shape index (κ2) is 6.10. The van der Waals surface area contributed by atoms with Crippen molar-refractivity contribution in [2.45, 2.75) is 65.5 Å². The average Bonchev–Trinajstić information content (AvgIpc) is 2.82. The number of hydrogen-bond acceptors (Lipinski definition) is 4. The SMILES string of the molecule is COC(=O)C(C)(C)NC(=O)c1cc(C(C)C)n(C(C)(C)C)n1. The molecule has 0 fully saturated rings. The standard InChI is InChI=1S/C16H27N3O3/c1-10(2)12-9-11(18-19(12)15(3,4)5)13(20)17-16(6,7)14(21)22-8/h9-10H,1-8H3,(H,17,20). The van der Waals surface area contributed by atoms with Gasteiger partial charge in [-0.2, -0.15) is 5.10 Å². The van der Waals surface area contributed by atoms with Crippen LogP contribution in [0.3, 0.4) is 0 Å². The molecular formula is C16H27N3O3. The highest BCUT2D eigenvalue weighted by molar-refractivity contribution is 5.96. The third-order valence-electron chi connectivity index (χ3n) is 3.32. The molecule has 0 spiro atoms. The maximum atomic E-state index is 12.4. The van der Waals surface area contributed by atoms with E-state index < -0.39 is 11.5 Å². The lowest BCUT2D eigenvalue weighted by Crippen LogP contribution is -2.50. The van der Waals surface area contributed by atoms with Gasteiger partial charge in [0.25, 0.3) is 5.91 Å². The summed E-state index contributed by atoms with van der Waals surface area (Å²) >= 11 is 0. The van der Waals surface area contributed by atoms with Crippen LogP contribution in [0.1, 0.15) is 70.6 Å². The zero-order chi connectivity index (χ0) is 17.3. The van der Waals surface area contributed by atoms with Crippen molar-refractivity contribution in [2.24, 2.45) is 0 Å². The second-order valence-electron chi connectivity index (χ2n) is 7.26. The van der Waals surface area contributed by atoms with Crippen LogP contribution in [-0.2, 0) is 15.1 Å². The lowest BCUT2D eigenvalue weighted by atomic mass is 10.0. The van der Waals surface area contributed by atoms with Crippen LogP contribution in [-0.4, -0.2) is 34.3 Å². The van der Waals surface area contributed by atoms with Gasteiger partial charge in [-0.25, -0.2) is 4.79 Å². The van der Waals surface area contributed by atoms with E-state index in [1.807, 2.05) is 25.5 Å². The van der Waals surface area contributed by atoms with Crippen molar-refractivity contribution in [1.29, 1.82) is 0 Å². The molecule has 1 aromatic rings. The summed E-state index contributed by atoms with van der Waals surface area (Å²) in [5.74, 6) is -0.651. The summed E-state index contributed by atoms with van der Waals surface area (Å²) in [5, 5.41) is 7.09. The summed E-state index contributed by atoms with van der Waals surface area (Å²) in [6.45, 7) is 13.4. The molecule has 0 atom stereocenters. The molecule has 6 nitrogen and oxygen atoms in total. The van der Waals surface area contributed by atoms with E-state index in [0.29, 0.717) is 5.69 Å². The van der Waals surface area contributed by atoms with Crippen LogP contribution in [0.25, 0.3) is 0 Å².